The second-order valence-electron chi connectivity index (χ2n) is 6.44. The third kappa shape index (κ3) is 5.23. The standard InChI is InChI=1S/C23H20N4O3S/c1-2-29-18-7-5-17(6-8-18)23-26-19(15-31-23)22(28)27-21-20(4-3-11-25-21)30-14-16-9-12-24-13-10-16/h3-13,15H,2,14H2,1H3,(H,25,27,28). The summed E-state index contributed by atoms with van der Waals surface area (Å²) in [7, 11) is 0. The molecular formula is C23H20N4O3S. The number of hydrogen-bond acceptors (Lipinski definition) is 7. The van der Waals surface area contributed by atoms with Gasteiger partial charge in [-0.1, -0.05) is 0 Å². The second-order valence-corrected chi connectivity index (χ2v) is 7.30. The van der Waals surface area contributed by atoms with E-state index in [0.717, 1.165) is 21.9 Å². The molecular weight excluding hydrogens is 412 g/mol. The maximum absolute atomic E-state index is 12.7. The number of pyridine rings is 2. The normalized spacial score (nSPS) is 10.5. The van der Waals surface area contributed by atoms with Gasteiger partial charge in [-0.15, -0.1) is 11.3 Å². The third-order valence-corrected chi connectivity index (χ3v) is 5.19. The molecule has 4 rings (SSSR count). The van der Waals surface area contributed by atoms with Crippen LogP contribution in [0, 0.1) is 0 Å². The fourth-order valence-corrected chi connectivity index (χ4v) is 3.59. The summed E-state index contributed by atoms with van der Waals surface area (Å²) in [4.78, 5) is 25.4. The summed E-state index contributed by atoms with van der Waals surface area (Å²) < 4.78 is 11.3. The van der Waals surface area contributed by atoms with Crippen molar-refractivity contribution in [2.24, 2.45) is 0 Å². The summed E-state index contributed by atoms with van der Waals surface area (Å²) in [6.07, 6.45) is 5.00. The largest absolute Gasteiger partial charge is 0.494 e. The van der Waals surface area contributed by atoms with Crippen molar-refractivity contribution in [2.45, 2.75) is 13.5 Å². The van der Waals surface area contributed by atoms with Gasteiger partial charge in [0.2, 0.25) is 0 Å². The Hall–Kier alpha value is -3.78. The molecule has 0 radical (unpaired) electrons. The zero-order chi connectivity index (χ0) is 21.5. The van der Waals surface area contributed by atoms with Gasteiger partial charge in [0.25, 0.3) is 5.91 Å². The zero-order valence-corrected chi connectivity index (χ0v) is 17.6. The minimum atomic E-state index is -0.346. The molecule has 3 heterocycles. The number of aromatic nitrogens is 3. The zero-order valence-electron chi connectivity index (χ0n) is 16.8. The number of nitrogens with zero attached hydrogens (tertiary/aromatic N) is 3. The molecule has 0 atom stereocenters. The highest BCUT2D eigenvalue weighted by molar-refractivity contribution is 7.13. The molecule has 4 aromatic rings. The lowest BCUT2D eigenvalue weighted by Gasteiger charge is -2.10. The van der Waals surface area contributed by atoms with Gasteiger partial charge in [-0.05, 0) is 61.0 Å². The van der Waals surface area contributed by atoms with Crippen LogP contribution < -0.4 is 14.8 Å². The summed E-state index contributed by atoms with van der Waals surface area (Å²) in [5.74, 6) is 1.28. The van der Waals surface area contributed by atoms with Crippen LogP contribution in [-0.2, 0) is 6.61 Å². The fourth-order valence-electron chi connectivity index (χ4n) is 2.78. The van der Waals surface area contributed by atoms with E-state index in [0.29, 0.717) is 30.5 Å². The number of carbonyl (C=O) groups excluding carboxylic acids is 1. The maximum Gasteiger partial charge on any atom is 0.276 e. The van der Waals surface area contributed by atoms with E-state index in [-0.39, 0.29) is 5.91 Å². The first-order valence-corrected chi connectivity index (χ1v) is 10.6. The van der Waals surface area contributed by atoms with E-state index in [1.54, 1.807) is 36.1 Å². The first-order valence-electron chi connectivity index (χ1n) is 9.70. The Kier molecular flexibility index (Phi) is 6.49. The van der Waals surface area contributed by atoms with Crippen molar-refractivity contribution in [2.75, 3.05) is 11.9 Å². The quantitative estimate of drug-likeness (QED) is 0.429. The molecule has 7 nitrogen and oxygen atoms in total. The first-order chi connectivity index (χ1) is 15.2. The monoisotopic (exact) mass is 432 g/mol. The van der Waals surface area contributed by atoms with Gasteiger partial charge in [0.1, 0.15) is 23.1 Å². The van der Waals surface area contributed by atoms with E-state index in [9.17, 15) is 4.79 Å². The molecule has 1 aromatic carbocycles. The number of ether oxygens (including phenoxy) is 2. The SMILES string of the molecule is CCOc1ccc(-c2nc(C(=O)Nc3ncccc3OCc3ccncc3)cs2)cc1. The van der Waals surface area contributed by atoms with Gasteiger partial charge in [-0.25, -0.2) is 9.97 Å². The van der Waals surface area contributed by atoms with Crippen LogP contribution in [0.25, 0.3) is 10.6 Å². The Morgan fingerprint density at radius 1 is 1.03 bits per heavy atom. The van der Waals surface area contributed by atoms with Crippen LogP contribution in [0.1, 0.15) is 23.0 Å². The molecule has 0 spiro atoms. The molecule has 0 fully saturated rings. The molecule has 0 aliphatic rings. The Labute approximate surface area is 183 Å². The van der Waals surface area contributed by atoms with Crippen LogP contribution in [0.4, 0.5) is 5.82 Å². The van der Waals surface area contributed by atoms with Crippen LogP contribution in [0.3, 0.4) is 0 Å². The van der Waals surface area contributed by atoms with Gasteiger partial charge in [-0.2, -0.15) is 0 Å². The highest BCUT2D eigenvalue weighted by Gasteiger charge is 2.15. The molecule has 8 heteroatoms. The molecule has 0 aliphatic heterocycles. The molecule has 0 aliphatic carbocycles. The maximum atomic E-state index is 12.7. The first kappa shape index (κ1) is 20.5. The van der Waals surface area contributed by atoms with Crippen LogP contribution in [0.2, 0.25) is 0 Å². The van der Waals surface area contributed by atoms with E-state index in [1.807, 2.05) is 43.3 Å². The lowest BCUT2D eigenvalue weighted by atomic mass is 10.2. The summed E-state index contributed by atoms with van der Waals surface area (Å²) >= 11 is 1.40. The highest BCUT2D eigenvalue weighted by atomic mass is 32.1. The number of nitrogens with one attached hydrogen (secondary N) is 1. The predicted octanol–water partition coefficient (Wildman–Crippen LogP) is 4.83. The van der Waals surface area contributed by atoms with Gasteiger partial charge in [-0.3, -0.25) is 9.78 Å². The minimum absolute atomic E-state index is 0.319. The Morgan fingerprint density at radius 2 is 1.84 bits per heavy atom. The van der Waals surface area contributed by atoms with Crippen LogP contribution in [-0.4, -0.2) is 27.5 Å². The van der Waals surface area contributed by atoms with Gasteiger partial charge < -0.3 is 14.8 Å². The van der Waals surface area contributed by atoms with E-state index in [4.69, 9.17) is 9.47 Å². The molecule has 31 heavy (non-hydrogen) atoms. The molecule has 156 valence electrons. The molecule has 0 saturated carbocycles. The molecule has 0 saturated heterocycles. The molecule has 1 N–H and O–H groups in total. The van der Waals surface area contributed by atoms with Crippen LogP contribution >= 0.6 is 11.3 Å². The average Bonchev–Trinajstić information content (AvgIpc) is 3.30. The Morgan fingerprint density at radius 3 is 2.61 bits per heavy atom. The van der Waals surface area contributed by atoms with Crippen molar-refractivity contribution in [3.8, 4) is 22.1 Å². The molecule has 3 aromatic heterocycles. The number of carbonyl (C=O) groups is 1. The summed E-state index contributed by atoms with van der Waals surface area (Å²) in [6, 6.07) is 14.9. The fraction of sp³-hybridized carbons (Fsp3) is 0.130. The molecule has 0 bridgehead atoms. The molecule has 1 amide bonds. The third-order valence-electron chi connectivity index (χ3n) is 4.30. The van der Waals surface area contributed by atoms with E-state index in [2.05, 4.69) is 20.3 Å². The van der Waals surface area contributed by atoms with Gasteiger partial charge in [0.05, 0.1) is 6.61 Å². The van der Waals surface area contributed by atoms with Crippen LogP contribution in [0.5, 0.6) is 11.5 Å². The second kappa shape index (κ2) is 9.82. The Balaban J connectivity index is 1.44. The Bertz CT molecular complexity index is 1150. The number of anilines is 1. The number of amides is 1. The van der Waals surface area contributed by atoms with E-state index >= 15 is 0 Å². The number of hydrogen-bond donors (Lipinski definition) is 1. The number of benzene rings is 1. The summed E-state index contributed by atoms with van der Waals surface area (Å²) in [5.41, 5.74) is 2.21. The lowest BCUT2D eigenvalue weighted by Crippen LogP contribution is -2.14. The van der Waals surface area contributed by atoms with Crippen molar-refractivity contribution in [3.05, 3.63) is 83.8 Å². The number of rotatable bonds is 8. The average molecular weight is 433 g/mol. The lowest BCUT2D eigenvalue weighted by molar-refractivity contribution is 0.102. The van der Waals surface area contributed by atoms with Crippen molar-refractivity contribution in [3.63, 3.8) is 0 Å². The number of thiazole rings is 1. The summed E-state index contributed by atoms with van der Waals surface area (Å²) in [5, 5.41) is 5.27. The van der Waals surface area contributed by atoms with Crippen molar-refractivity contribution in [1.29, 1.82) is 0 Å². The topological polar surface area (TPSA) is 86.2 Å². The highest BCUT2D eigenvalue weighted by Crippen LogP contribution is 2.27. The predicted molar refractivity (Wildman–Crippen MR) is 119 cm³/mol. The van der Waals surface area contributed by atoms with Gasteiger partial charge >= 0.3 is 0 Å². The van der Waals surface area contributed by atoms with Crippen molar-refractivity contribution in [1.82, 2.24) is 15.0 Å². The summed E-state index contributed by atoms with van der Waals surface area (Å²) in [6.45, 7) is 2.90. The van der Waals surface area contributed by atoms with Gasteiger partial charge in [0.15, 0.2) is 11.6 Å². The van der Waals surface area contributed by atoms with E-state index < -0.39 is 0 Å². The van der Waals surface area contributed by atoms with Gasteiger partial charge in [0, 0.05) is 29.5 Å². The van der Waals surface area contributed by atoms with Crippen LogP contribution in [0.15, 0.2) is 72.5 Å². The smallest absolute Gasteiger partial charge is 0.276 e. The minimum Gasteiger partial charge on any atom is -0.494 e. The van der Waals surface area contributed by atoms with E-state index in [1.165, 1.54) is 11.3 Å². The van der Waals surface area contributed by atoms with Crippen molar-refractivity contribution >= 4 is 23.1 Å². The molecule has 0 unspecified atom stereocenters. The van der Waals surface area contributed by atoms with Crippen molar-refractivity contribution < 1.29 is 14.3 Å².